The summed E-state index contributed by atoms with van der Waals surface area (Å²) in [7, 11) is -3.60. The summed E-state index contributed by atoms with van der Waals surface area (Å²) < 4.78 is 43.2. The van der Waals surface area contributed by atoms with Gasteiger partial charge >= 0.3 is 0 Å². The number of sulfonamides is 1. The van der Waals surface area contributed by atoms with Crippen molar-refractivity contribution in [2.45, 2.75) is 24.5 Å². The summed E-state index contributed by atoms with van der Waals surface area (Å²) in [5, 5.41) is 8.28. The molecule has 1 saturated heterocycles. The molecular formula is C27H26FN7O2S. The third kappa shape index (κ3) is 4.54. The van der Waals surface area contributed by atoms with Crippen LogP contribution in [0.15, 0.2) is 85.3 Å². The van der Waals surface area contributed by atoms with E-state index in [1.165, 1.54) is 6.07 Å². The summed E-state index contributed by atoms with van der Waals surface area (Å²) >= 11 is 0. The number of allylic oxidation sites excluding steroid dienone is 2. The predicted octanol–water partition coefficient (Wildman–Crippen LogP) is 3.51. The van der Waals surface area contributed by atoms with Crippen molar-refractivity contribution in [3.63, 3.8) is 0 Å². The molecule has 4 aromatic rings. The highest BCUT2D eigenvalue weighted by molar-refractivity contribution is 7.88. The van der Waals surface area contributed by atoms with Gasteiger partial charge in [-0.05, 0) is 67.0 Å². The third-order valence-electron chi connectivity index (χ3n) is 6.83. The van der Waals surface area contributed by atoms with Crippen LogP contribution in [0.4, 0.5) is 10.2 Å². The summed E-state index contributed by atoms with van der Waals surface area (Å²) in [6, 6.07) is 14.1. The van der Waals surface area contributed by atoms with E-state index in [0.29, 0.717) is 22.6 Å². The van der Waals surface area contributed by atoms with E-state index in [2.05, 4.69) is 24.9 Å². The lowest BCUT2D eigenvalue weighted by Gasteiger charge is -2.36. The molecule has 9 nitrogen and oxygen atoms in total. The summed E-state index contributed by atoms with van der Waals surface area (Å²) in [5.41, 5.74) is 2.33. The van der Waals surface area contributed by atoms with Crippen molar-refractivity contribution in [1.82, 2.24) is 29.6 Å². The Hall–Kier alpha value is -4.09. The number of hydrogen-bond acceptors (Lipinski definition) is 7. The van der Waals surface area contributed by atoms with Crippen molar-refractivity contribution in [1.29, 1.82) is 0 Å². The van der Waals surface area contributed by atoms with Gasteiger partial charge in [0.15, 0.2) is 5.65 Å². The predicted molar refractivity (Wildman–Crippen MR) is 143 cm³/mol. The molecule has 2 atom stereocenters. The Kier molecular flexibility index (Phi) is 5.96. The van der Waals surface area contributed by atoms with Crippen LogP contribution in [-0.4, -0.2) is 40.8 Å². The fourth-order valence-corrected chi connectivity index (χ4v) is 6.05. The molecule has 2 aliphatic rings. The topological polar surface area (TPSA) is 105 Å². The van der Waals surface area contributed by atoms with E-state index in [0.717, 1.165) is 37.0 Å². The van der Waals surface area contributed by atoms with E-state index in [9.17, 15) is 12.8 Å². The van der Waals surface area contributed by atoms with Gasteiger partial charge in [-0.1, -0.05) is 18.2 Å². The van der Waals surface area contributed by atoms with Gasteiger partial charge in [0.1, 0.15) is 23.0 Å². The lowest BCUT2D eigenvalue weighted by atomic mass is 9.97. The molecule has 2 aliphatic heterocycles. The molecule has 1 fully saturated rings. The zero-order valence-corrected chi connectivity index (χ0v) is 21.4. The Balaban J connectivity index is 1.38. The van der Waals surface area contributed by atoms with Gasteiger partial charge in [0.25, 0.3) is 0 Å². The maximum absolute atomic E-state index is 14.0. The van der Waals surface area contributed by atoms with Crippen LogP contribution in [0.2, 0.25) is 0 Å². The minimum Gasteiger partial charge on any atom is -0.358 e. The quantitative estimate of drug-likeness (QED) is 0.392. The maximum atomic E-state index is 14.0. The molecule has 194 valence electrons. The van der Waals surface area contributed by atoms with Gasteiger partial charge in [0, 0.05) is 24.5 Å². The normalized spacial score (nSPS) is 21.5. The minimum absolute atomic E-state index is 0.0240. The maximum Gasteiger partial charge on any atom is 0.211 e. The molecule has 0 bridgehead atoms. The van der Waals surface area contributed by atoms with Crippen LogP contribution in [0.25, 0.3) is 11.3 Å². The number of rotatable bonds is 6. The fourth-order valence-electron chi connectivity index (χ4n) is 5.23. The number of nitrogens with one attached hydrogen (secondary N) is 2. The van der Waals surface area contributed by atoms with E-state index in [1.54, 1.807) is 59.5 Å². The van der Waals surface area contributed by atoms with Crippen LogP contribution < -0.4 is 14.9 Å². The summed E-state index contributed by atoms with van der Waals surface area (Å²) in [6.45, 7) is 0.802. The zero-order chi connectivity index (χ0) is 26.3. The van der Waals surface area contributed by atoms with E-state index in [1.807, 2.05) is 24.3 Å². The first kappa shape index (κ1) is 24.3. The zero-order valence-electron chi connectivity index (χ0n) is 20.6. The molecular weight excluding hydrogens is 505 g/mol. The van der Waals surface area contributed by atoms with E-state index in [-0.39, 0.29) is 11.9 Å². The third-order valence-corrected chi connectivity index (χ3v) is 7.52. The molecule has 5 heterocycles. The molecule has 2 N–H and O–H groups in total. The molecule has 6 rings (SSSR count). The summed E-state index contributed by atoms with van der Waals surface area (Å²) in [5.74, 6) is 0.503. The fraction of sp³-hybridized carbons (Fsp3) is 0.222. The number of dihydropyridines is 1. The Morgan fingerprint density at radius 3 is 2.79 bits per heavy atom. The number of halogens is 1. The highest BCUT2D eigenvalue weighted by Gasteiger charge is 2.36. The highest BCUT2D eigenvalue weighted by atomic mass is 32.2. The number of benzene rings is 1. The number of pyridine rings is 1. The standard InChI is InChI=1S/C27H26FN7O2S/c1-38(36,37)33-27(20-11-14-29-15-12-20)13-3-7-22(31-27)24-18-30-25-9-10-26(32-35(24)25)34-16-4-8-23(34)19-5-2-6-21(28)17-19/h2-3,5-7,9-15,17-18,23,31,33H,4,8,16H2,1H3. The van der Waals surface area contributed by atoms with Crippen LogP contribution in [-0.2, 0) is 15.7 Å². The Labute approximate surface area is 219 Å². The van der Waals surface area contributed by atoms with Gasteiger partial charge < -0.3 is 10.2 Å². The Morgan fingerprint density at radius 2 is 2.00 bits per heavy atom. The molecule has 0 aliphatic carbocycles. The van der Waals surface area contributed by atoms with Crippen LogP contribution in [0.5, 0.6) is 0 Å². The van der Waals surface area contributed by atoms with Gasteiger partial charge in [0.2, 0.25) is 10.0 Å². The molecule has 1 aromatic carbocycles. The van der Waals surface area contributed by atoms with Crippen molar-refractivity contribution < 1.29 is 12.8 Å². The molecule has 38 heavy (non-hydrogen) atoms. The lowest BCUT2D eigenvalue weighted by Crippen LogP contribution is -2.54. The highest BCUT2D eigenvalue weighted by Crippen LogP contribution is 2.36. The van der Waals surface area contributed by atoms with Crippen LogP contribution in [0.1, 0.15) is 35.7 Å². The number of aromatic nitrogens is 4. The number of anilines is 1. The van der Waals surface area contributed by atoms with Gasteiger partial charge in [-0.15, -0.1) is 5.10 Å². The van der Waals surface area contributed by atoms with Crippen LogP contribution >= 0.6 is 0 Å². The van der Waals surface area contributed by atoms with Gasteiger partial charge in [-0.2, -0.15) is 4.72 Å². The van der Waals surface area contributed by atoms with E-state index < -0.39 is 15.7 Å². The van der Waals surface area contributed by atoms with Crippen molar-refractivity contribution in [2.75, 3.05) is 17.7 Å². The monoisotopic (exact) mass is 531 g/mol. The first-order valence-corrected chi connectivity index (χ1v) is 14.1. The molecule has 0 radical (unpaired) electrons. The number of hydrogen-bond donors (Lipinski definition) is 2. The first-order valence-electron chi connectivity index (χ1n) is 12.3. The SMILES string of the molecule is CS(=O)(=O)NC1(c2ccncc2)C=CC=C(c2cnc3ccc(N4CCCC4c4cccc(F)c4)nn23)N1. The first-order chi connectivity index (χ1) is 18.3. The summed E-state index contributed by atoms with van der Waals surface area (Å²) in [4.78, 5) is 10.8. The average Bonchev–Trinajstić information content (AvgIpc) is 3.56. The summed E-state index contributed by atoms with van der Waals surface area (Å²) in [6.07, 6.45) is 13.3. The molecule has 3 aromatic heterocycles. The van der Waals surface area contributed by atoms with Crippen molar-refractivity contribution in [3.05, 3.63) is 108 Å². The Bertz CT molecular complexity index is 1670. The van der Waals surface area contributed by atoms with E-state index >= 15 is 0 Å². The number of nitrogens with zero attached hydrogens (tertiary/aromatic N) is 5. The smallest absolute Gasteiger partial charge is 0.211 e. The van der Waals surface area contributed by atoms with E-state index in [4.69, 9.17) is 5.10 Å². The number of imidazole rings is 1. The molecule has 0 saturated carbocycles. The largest absolute Gasteiger partial charge is 0.358 e. The van der Waals surface area contributed by atoms with Crippen LogP contribution in [0, 0.1) is 5.82 Å². The van der Waals surface area contributed by atoms with Crippen molar-refractivity contribution >= 4 is 27.2 Å². The minimum atomic E-state index is -3.60. The van der Waals surface area contributed by atoms with Crippen LogP contribution in [0.3, 0.4) is 0 Å². The Morgan fingerprint density at radius 1 is 1.16 bits per heavy atom. The van der Waals surface area contributed by atoms with Crippen molar-refractivity contribution in [3.8, 4) is 0 Å². The average molecular weight is 532 g/mol. The van der Waals surface area contributed by atoms with Gasteiger partial charge in [-0.25, -0.2) is 22.3 Å². The second-order valence-corrected chi connectivity index (χ2v) is 11.2. The second kappa shape index (κ2) is 9.34. The molecule has 0 spiro atoms. The van der Waals surface area contributed by atoms with Crippen molar-refractivity contribution in [2.24, 2.45) is 0 Å². The second-order valence-electron chi connectivity index (χ2n) is 9.49. The molecule has 0 amide bonds. The van der Waals surface area contributed by atoms with Gasteiger partial charge in [-0.3, -0.25) is 4.98 Å². The molecule has 11 heteroatoms. The number of fused-ring (bicyclic) bond motifs is 1. The lowest BCUT2D eigenvalue weighted by molar-refractivity contribution is 0.441. The molecule has 2 unspecified atom stereocenters. The van der Waals surface area contributed by atoms with Gasteiger partial charge in [0.05, 0.1) is 24.2 Å².